The maximum absolute atomic E-state index is 13.3. The highest BCUT2D eigenvalue weighted by Gasteiger charge is 2.31. The largest absolute Gasteiger partial charge is 0.416 e. The van der Waals surface area contributed by atoms with Gasteiger partial charge in [-0.15, -0.1) is 0 Å². The molecule has 3 aromatic rings. The lowest BCUT2D eigenvalue weighted by Gasteiger charge is -2.11. The molecule has 2 heterocycles. The van der Waals surface area contributed by atoms with Crippen LogP contribution in [0.1, 0.15) is 21.6 Å². The smallest absolute Gasteiger partial charge is 0.346 e. The average Bonchev–Trinajstić information content (AvgIpc) is 3.28. The third-order valence-corrected chi connectivity index (χ3v) is 5.53. The molecule has 0 spiro atoms. The number of halogens is 4. The molecule has 0 aliphatic carbocycles. The van der Waals surface area contributed by atoms with E-state index in [2.05, 4.69) is 10.3 Å². The lowest BCUT2D eigenvalue weighted by Crippen LogP contribution is -2.25. The molecule has 2 aromatic carbocycles. The number of fused-ring (bicyclic) bond motifs is 1. The number of imidazole rings is 1. The van der Waals surface area contributed by atoms with E-state index in [4.69, 9.17) is 0 Å². The van der Waals surface area contributed by atoms with Crippen LogP contribution in [-0.4, -0.2) is 21.2 Å². The minimum Gasteiger partial charge on any atom is -0.346 e. The Bertz CT molecular complexity index is 1060. The van der Waals surface area contributed by atoms with Crippen LogP contribution in [0.3, 0.4) is 0 Å². The number of aromatic nitrogens is 2. The van der Waals surface area contributed by atoms with Gasteiger partial charge in [-0.05, 0) is 42.5 Å². The second kappa shape index (κ2) is 7.55. The van der Waals surface area contributed by atoms with Gasteiger partial charge in [-0.2, -0.15) is 13.2 Å². The van der Waals surface area contributed by atoms with E-state index in [0.717, 1.165) is 28.7 Å². The minimum atomic E-state index is -4.52. The SMILES string of the molecule is O=C(NCc1c(-c2ccc(F)cc2)nc2n1CCS2)c1cccc(C(F)(F)F)c1. The van der Waals surface area contributed by atoms with Gasteiger partial charge in [0.2, 0.25) is 0 Å². The number of hydrogen-bond acceptors (Lipinski definition) is 3. The number of thioether (sulfide) groups is 1. The standard InChI is InChI=1S/C20H15F4N3OS/c21-15-6-4-12(5-7-15)17-16(27-8-9-29-19(27)26-17)11-25-18(28)13-2-1-3-14(10-13)20(22,23)24/h1-7,10H,8-9,11H2,(H,25,28). The van der Waals surface area contributed by atoms with Gasteiger partial charge in [0.25, 0.3) is 5.91 Å². The fourth-order valence-electron chi connectivity index (χ4n) is 3.15. The van der Waals surface area contributed by atoms with Gasteiger partial charge in [0.1, 0.15) is 5.82 Å². The molecule has 1 aromatic heterocycles. The number of amides is 1. The summed E-state index contributed by atoms with van der Waals surface area (Å²) >= 11 is 1.58. The van der Waals surface area contributed by atoms with E-state index < -0.39 is 17.6 Å². The van der Waals surface area contributed by atoms with Gasteiger partial charge < -0.3 is 9.88 Å². The van der Waals surface area contributed by atoms with Crippen LogP contribution in [0.15, 0.2) is 53.7 Å². The lowest BCUT2D eigenvalue weighted by atomic mass is 10.1. The molecule has 1 N–H and O–H groups in total. The first-order valence-electron chi connectivity index (χ1n) is 8.76. The fourth-order valence-corrected chi connectivity index (χ4v) is 4.12. The second-order valence-electron chi connectivity index (χ2n) is 6.46. The van der Waals surface area contributed by atoms with Crippen LogP contribution in [-0.2, 0) is 19.3 Å². The maximum atomic E-state index is 13.3. The zero-order valence-electron chi connectivity index (χ0n) is 15.0. The van der Waals surface area contributed by atoms with Crippen molar-refractivity contribution in [2.45, 2.75) is 24.4 Å². The summed E-state index contributed by atoms with van der Waals surface area (Å²) in [4.78, 5) is 17.0. The molecule has 9 heteroatoms. The van der Waals surface area contributed by atoms with Crippen LogP contribution in [0, 0.1) is 5.82 Å². The van der Waals surface area contributed by atoms with Crippen LogP contribution >= 0.6 is 11.8 Å². The van der Waals surface area contributed by atoms with Gasteiger partial charge in [-0.3, -0.25) is 4.79 Å². The van der Waals surface area contributed by atoms with Crippen molar-refractivity contribution in [3.05, 3.63) is 71.2 Å². The summed E-state index contributed by atoms with van der Waals surface area (Å²) < 4.78 is 53.9. The Morgan fingerprint density at radius 3 is 2.66 bits per heavy atom. The number of alkyl halides is 3. The molecule has 1 aliphatic heterocycles. The molecule has 1 aliphatic rings. The van der Waals surface area contributed by atoms with Gasteiger partial charge in [-0.1, -0.05) is 17.8 Å². The van der Waals surface area contributed by atoms with Crippen LogP contribution in [0.25, 0.3) is 11.3 Å². The maximum Gasteiger partial charge on any atom is 0.416 e. The zero-order valence-corrected chi connectivity index (χ0v) is 15.8. The Morgan fingerprint density at radius 1 is 1.17 bits per heavy atom. The Balaban J connectivity index is 1.59. The van der Waals surface area contributed by atoms with E-state index in [-0.39, 0.29) is 17.9 Å². The molecule has 0 saturated carbocycles. The van der Waals surface area contributed by atoms with E-state index in [1.807, 2.05) is 4.57 Å². The predicted molar refractivity (Wildman–Crippen MR) is 101 cm³/mol. The molecule has 0 bridgehead atoms. The topological polar surface area (TPSA) is 46.9 Å². The molecule has 0 saturated heterocycles. The number of hydrogen-bond donors (Lipinski definition) is 1. The summed E-state index contributed by atoms with van der Waals surface area (Å²) in [5.41, 5.74) is 1.11. The first-order chi connectivity index (χ1) is 13.8. The molecule has 4 rings (SSSR count). The third kappa shape index (κ3) is 4.00. The summed E-state index contributed by atoms with van der Waals surface area (Å²) in [6, 6.07) is 10.2. The highest BCUT2D eigenvalue weighted by molar-refractivity contribution is 7.99. The molecule has 0 radical (unpaired) electrons. The van der Waals surface area contributed by atoms with Gasteiger partial charge in [0.15, 0.2) is 5.16 Å². The van der Waals surface area contributed by atoms with Crippen molar-refractivity contribution in [3.63, 3.8) is 0 Å². The quantitative estimate of drug-likeness (QED) is 0.619. The molecule has 0 fully saturated rings. The summed E-state index contributed by atoms with van der Waals surface area (Å²) in [5.74, 6) is -0.128. The van der Waals surface area contributed by atoms with E-state index in [1.165, 1.54) is 24.3 Å². The first-order valence-corrected chi connectivity index (χ1v) is 9.75. The number of rotatable bonds is 4. The molecular formula is C20H15F4N3OS. The number of nitrogens with zero attached hydrogens (tertiary/aromatic N) is 2. The second-order valence-corrected chi connectivity index (χ2v) is 7.52. The Hall–Kier alpha value is -2.81. The number of carbonyl (C=O) groups excluding carboxylic acids is 1. The molecule has 0 atom stereocenters. The molecule has 4 nitrogen and oxygen atoms in total. The van der Waals surface area contributed by atoms with Gasteiger partial charge in [-0.25, -0.2) is 9.37 Å². The minimum absolute atomic E-state index is 0.0707. The van der Waals surface area contributed by atoms with E-state index in [9.17, 15) is 22.4 Å². The number of benzene rings is 2. The monoisotopic (exact) mass is 421 g/mol. The molecule has 150 valence electrons. The highest BCUT2D eigenvalue weighted by Crippen LogP contribution is 2.33. The summed E-state index contributed by atoms with van der Waals surface area (Å²) in [6.45, 7) is 0.804. The molecule has 0 unspecified atom stereocenters. The highest BCUT2D eigenvalue weighted by atomic mass is 32.2. The van der Waals surface area contributed by atoms with Gasteiger partial charge >= 0.3 is 6.18 Å². The summed E-state index contributed by atoms with van der Waals surface area (Å²) in [5, 5.41) is 3.48. The van der Waals surface area contributed by atoms with Gasteiger partial charge in [0.05, 0.1) is 23.5 Å². The van der Waals surface area contributed by atoms with E-state index >= 15 is 0 Å². The van der Waals surface area contributed by atoms with Crippen molar-refractivity contribution in [2.24, 2.45) is 0 Å². The third-order valence-electron chi connectivity index (χ3n) is 4.57. The number of nitrogens with one attached hydrogen (secondary N) is 1. The van der Waals surface area contributed by atoms with E-state index in [1.54, 1.807) is 23.9 Å². The van der Waals surface area contributed by atoms with Crippen LogP contribution in [0.2, 0.25) is 0 Å². The summed E-state index contributed by atoms with van der Waals surface area (Å²) in [6.07, 6.45) is -4.52. The van der Waals surface area contributed by atoms with Gasteiger partial charge in [0, 0.05) is 23.4 Å². The van der Waals surface area contributed by atoms with Crippen LogP contribution in [0.5, 0.6) is 0 Å². The van der Waals surface area contributed by atoms with Crippen molar-refractivity contribution < 1.29 is 22.4 Å². The lowest BCUT2D eigenvalue weighted by molar-refractivity contribution is -0.137. The Kier molecular flexibility index (Phi) is 5.08. The van der Waals surface area contributed by atoms with E-state index in [0.29, 0.717) is 17.8 Å². The van der Waals surface area contributed by atoms with Crippen LogP contribution in [0.4, 0.5) is 17.6 Å². The zero-order chi connectivity index (χ0) is 20.6. The normalized spacial score (nSPS) is 13.4. The van der Waals surface area contributed by atoms with Crippen molar-refractivity contribution in [1.29, 1.82) is 0 Å². The van der Waals surface area contributed by atoms with Crippen molar-refractivity contribution in [1.82, 2.24) is 14.9 Å². The Labute approximate surface area is 167 Å². The molecule has 29 heavy (non-hydrogen) atoms. The number of carbonyl (C=O) groups is 1. The average molecular weight is 421 g/mol. The fraction of sp³-hybridized carbons (Fsp3) is 0.200. The van der Waals surface area contributed by atoms with Crippen molar-refractivity contribution in [3.8, 4) is 11.3 Å². The van der Waals surface area contributed by atoms with Crippen molar-refractivity contribution in [2.75, 3.05) is 5.75 Å². The predicted octanol–water partition coefficient (Wildman–Crippen LogP) is 4.74. The summed E-state index contributed by atoms with van der Waals surface area (Å²) in [7, 11) is 0. The first kappa shape index (κ1) is 19.5. The molecule has 1 amide bonds. The van der Waals surface area contributed by atoms with Crippen LogP contribution < -0.4 is 5.32 Å². The Morgan fingerprint density at radius 2 is 1.93 bits per heavy atom. The van der Waals surface area contributed by atoms with Crippen molar-refractivity contribution >= 4 is 17.7 Å². The molecular weight excluding hydrogens is 406 g/mol.